The maximum Gasteiger partial charge on any atom is 0.0233 e. The van der Waals surface area contributed by atoms with Gasteiger partial charge in [-0.1, -0.05) is 38.1 Å². The van der Waals surface area contributed by atoms with Gasteiger partial charge in [0.15, 0.2) is 0 Å². The Morgan fingerprint density at radius 1 is 1.06 bits per heavy atom. The number of rotatable bonds is 8. The fourth-order valence-corrected chi connectivity index (χ4v) is 1.80. The number of nitrogens with two attached hydrogens (primary N) is 1. The quantitative estimate of drug-likeness (QED) is 0.672. The minimum atomic E-state index is 0.694. The molecule has 0 unspecified atom stereocenters. The Morgan fingerprint density at radius 3 is 2.18 bits per heavy atom. The Bertz CT molecular complexity index is 291. The molecule has 0 fully saturated rings. The van der Waals surface area contributed by atoms with Crippen LogP contribution in [0.15, 0.2) is 24.3 Å². The largest absolute Gasteiger partial charge is 0.329 e. The van der Waals surface area contributed by atoms with Crippen molar-refractivity contribution in [2.45, 2.75) is 26.9 Å². The molecule has 3 N–H and O–H groups in total. The van der Waals surface area contributed by atoms with Crippen molar-refractivity contribution < 1.29 is 0 Å². The molecule has 0 amide bonds. The first kappa shape index (κ1) is 14.2. The molecule has 0 aliphatic heterocycles. The molecule has 1 aromatic carbocycles. The number of nitrogens with one attached hydrogen (secondary N) is 1. The minimum absolute atomic E-state index is 0.694. The van der Waals surface area contributed by atoms with Gasteiger partial charge in [0, 0.05) is 26.2 Å². The van der Waals surface area contributed by atoms with E-state index in [9.17, 15) is 0 Å². The van der Waals surface area contributed by atoms with E-state index in [-0.39, 0.29) is 0 Å². The maximum atomic E-state index is 5.43. The van der Waals surface area contributed by atoms with E-state index >= 15 is 0 Å². The van der Waals surface area contributed by atoms with Gasteiger partial charge >= 0.3 is 0 Å². The number of hydrogen-bond donors (Lipinski definition) is 2. The van der Waals surface area contributed by atoms with E-state index in [0.29, 0.717) is 6.54 Å². The summed E-state index contributed by atoms with van der Waals surface area (Å²) in [6.45, 7) is 10.1. The van der Waals surface area contributed by atoms with E-state index in [1.54, 1.807) is 0 Å². The molecule has 3 nitrogen and oxygen atoms in total. The summed E-state index contributed by atoms with van der Waals surface area (Å²) in [5, 5.41) is 3.30. The zero-order chi connectivity index (χ0) is 12.5. The summed E-state index contributed by atoms with van der Waals surface area (Å²) in [7, 11) is 0. The third-order valence-corrected chi connectivity index (χ3v) is 2.97. The Labute approximate surface area is 105 Å². The fraction of sp³-hybridized carbons (Fsp3) is 0.571. The number of hydrogen-bond acceptors (Lipinski definition) is 3. The van der Waals surface area contributed by atoms with E-state index in [4.69, 9.17) is 5.73 Å². The van der Waals surface area contributed by atoms with Gasteiger partial charge in [-0.25, -0.2) is 0 Å². The Hall–Kier alpha value is -0.900. The van der Waals surface area contributed by atoms with Crippen LogP contribution in [-0.2, 0) is 13.1 Å². The number of nitrogens with zero attached hydrogens (tertiary/aromatic N) is 1. The standard InChI is InChI=1S/C14H25N3/c1-3-17(4-2)12-14-7-5-13(6-8-14)11-16-10-9-15/h5-8,16H,3-4,9-12,15H2,1-2H3. The first-order valence-electron chi connectivity index (χ1n) is 6.51. The molecule has 0 saturated heterocycles. The normalized spacial score (nSPS) is 11.1. The molecule has 1 aromatic rings. The number of benzene rings is 1. The van der Waals surface area contributed by atoms with Gasteiger partial charge in [-0.3, -0.25) is 4.90 Å². The Morgan fingerprint density at radius 2 is 1.65 bits per heavy atom. The minimum Gasteiger partial charge on any atom is -0.329 e. The maximum absolute atomic E-state index is 5.43. The molecule has 96 valence electrons. The molecule has 1 rings (SSSR count). The second-order valence-electron chi connectivity index (χ2n) is 4.24. The molecule has 0 aromatic heterocycles. The Kier molecular flexibility index (Phi) is 6.86. The van der Waals surface area contributed by atoms with Gasteiger partial charge in [0.05, 0.1) is 0 Å². The lowest BCUT2D eigenvalue weighted by atomic mass is 10.1. The van der Waals surface area contributed by atoms with Crippen molar-refractivity contribution in [1.82, 2.24) is 10.2 Å². The van der Waals surface area contributed by atoms with Crippen LogP contribution < -0.4 is 11.1 Å². The van der Waals surface area contributed by atoms with E-state index in [0.717, 1.165) is 32.7 Å². The summed E-state index contributed by atoms with van der Waals surface area (Å²) in [5.41, 5.74) is 8.14. The van der Waals surface area contributed by atoms with Crippen LogP contribution >= 0.6 is 0 Å². The van der Waals surface area contributed by atoms with E-state index in [2.05, 4.69) is 48.3 Å². The summed E-state index contributed by atoms with van der Waals surface area (Å²) in [5.74, 6) is 0. The van der Waals surface area contributed by atoms with Crippen LogP contribution in [0.1, 0.15) is 25.0 Å². The highest BCUT2D eigenvalue weighted by molar-refractivity contribution is 5.22. The van der Waals surface area contributed by atoms with Gasteiger partial charge in [-0.2, -0.15) is 0 Å². The molecule has 0 bridgehead atoms. The van der Waals surface area contributed by atoms with Crippen molar-refractivity contribution in [2.75, 3.05) is 26.2 Å². The lowest BCUT2D eigenvalue weighted by molar-refractivity contribution is 0.296. The van der Waals surface area contributed by atoms with E-state index in [1.807, 2.05) is 0 Å². The summed E-state index contributed by atoms with van der Waals surface area (Å²) < 4.78 is 0. The van der Waals surface area contributed by atoms with Crippen LogP contribution in [0.25, 0.3) is 0 Å². The zero-order valence-electron chi connectivity index (χ0n) is 11.1. The molecular weight excluding hydrogens is 210 g/mol. The zero-order valence-corrected chi connectivity index (χ0v) is 11.1. The van der Waals surface area contributed by atoms with Crippen molar-refractivity contribution in [3.63, 3.8) is 0 Å². The van der Waals surface area contributed by atoms with Gasteiger partial charge in [0.1, 0.15) is 0 Å². The topological polar surface area (TPSA) is 41.3 Å². The van der Waals surface area contributed by atoms with Crippen LogP contribution in [0.3, 0.4) is 0 Å². The van der Waals surface area contributed by atoms with Gasteiger partial charge in [0.2, 0.25) is 0 Å². The molecule has 3 heteroatoms. The molecule has 17 heavy (non-hydrogen) atoms. The lowest BCUT2D eigenvalue weighted by Crippen LogP contribution is -2.22. The highest BCUT2D eigenvalue weighted by Gasteiger charge is 2.00. The van der Waals surface area contributed by atoms with Gasteiger partial charge in [-0.15, -0.1) is 0 Å². The van der Waals surface area contributed by atoms with Crippen LogP contribution in [0.4, 0.5) is 0 Å². The van der Waals surface area contributed by atoms with Crippen molar-refractivity contribution >= 4 is 0 Å². The van der Waals surface area contributed by atoms with Crippen molar-refractivity contribution in [3.05, 3.63) is 35.4 Å². The van der Waals surface area contributed by atoms with Crippen LogP contribution in [-0.4, -0.2) is 31.1 Å². The molecule has 0 saturated carbocycles. The van der Waals surface area contributed by atoms with E-state index in [1.165, 1.54) is 11.1 Å². The van der Waals surface area contributed by atoms with Crippen molar-refractivity contribution in [1.29, 1.82) is 0 Å². The smallest absolute Gasteiger partial charge is 0.0233 e. The highest BCUT2D eigenvalue weighted by Crippen LogP contribution is 2.07. The summed E-state index contributed by atoms with van der Waals surface area (Å²) in [4.78, 5) is 2.42. The second-order valence-corrected chi connectivity index (χ2v) is 4.24. The fourth-order valence-electron chi connectivity index (χ4n) is 1.80. The monoisotopic (exact) mass is 235 g/mol. The predicted octanol–water partition coefficient (Wildman–Crippen LogP) is 1.58. The average molecular weight is 235 g/mol. The van der Waals surface area contributed by atoms with Crippen LogP contribution in [0, 0.1) is 0 Å². The summed E-state index contributed by atoms with van der Waals surface area (Å²) in [6.07, 6.45) is 0. The summed E-state index contributed by atoms with van der Waals surface area (Å²) >= 11 is 0. The molecular formula is C14H25N3. The second kappa shape index (κ2) is 8.23. The van der Waals surface area contributed by atoms with Crippen molar-refractivity contribution in [3.8, 4) is 0 Å². The SMILES string of the molecule is CCN(CC)Cc1ccc(CNCCN)cc1. The molecule has 0 aliphatic rings. The van der Waals surface area contributed by atoms with Crippen molar-refractivity contribution in [2.24, 2.45) is 5.73 Å². The first-order valence-corrected chi connectivity index (χ1v) is 6.51. The Balaban J connectivity index is 2.44. The van der Waals surface area contributed by atoms with Gasteiger partial charge in [-0.05, 0) is 24.2 Å². The van der Waals surface area contributed by atoms with Crippen LogP contribution in [0.2, 0.25) is 0 Å². The van der Waals surface area contributed by atoms with Crippen LogP contribution in [0.5, 0.6) is 0 Å². The third kappa shape index (κ3) is 5.31. The summed E-state index contributed by atoms with van der Waals surface area (Å²) in [6, 6.07) is 8.83. The molecule has 0 aliphatic carbocycles. The predicted molar refractivity (Wildman–Crippen MR) is 73.8 cm³/mol. The highest BCUT2D eigenvalue weighted by atomic mass is 15.1. The first-order chi connectivity index (χ1) is 8.30. The molecule has 0 heterocycles. The lowest BCUT2D eigenvalue weighted by Gasteiger charge is -2.18. The third-order valence-electron chi connectivity index (χ3n) is 2.97. The van der Waals surface area contributed by atoms with Gasteiger partial charge in [0.25, 0.3) is 0 Å². The van der Waals surface area contributed by atoms with Gasteiger partial charge < -0.3 is 11.1 Å². The molecule has 0 atom stereocenters. The molecule has 0 spiro atoms. The average Bonchev–Trinajstić information content (AvgIpc) is 2.38. The molecule has 0 radical (unpaired) electrons. The van der Waals surface area contributed by atoms with E-state index < -0.39 is 0 Å².